The van der Waals surface area contributed by atoms with Crippen molar-refractivity contribution in [3.63, 3.8) is 0 Å². The van der Waals surface area contributed by atoms with E-state index in [-0.39, 0.29) is 11.5 Å². The molecule has 96 valence electrons. The lowest BCUT2D eigenvalue weighted by atomic mass is 9.64. The number of rotatable bonds is 3. The smallest absolute Gasteiger partial charge is 0.103 e. The second-order valence-corrected chi connectivity index (χ2v) is 5.66. The zero-order valence-electron chi connectivity index (χ0n) is 10.8. The molecule has 3 nitrogen and oxygen atoms in total. The topological polar surface area (TPSA) is 45.0 Å². The minimum atomic E-state index is 0.0593. The number of anilines is 1. The number of benzene rings is 1. The van der Waals surface area contributed by atoms with Gasteiger partial charge in [-0.05, 0) is 18.6 Å². The van der Waals surface area contributed by atoms with E-state index < -0.39 is 0 Å². The number of nitriles is 1. The molecule has 2 atom stereocenters. The maximum atomic E-state index is 9.13. The maximum absolute atomic E-state index is 9.13. The van der Waals surface area contributed by atoms with Crippen LogP contribution in [0, 0.1) is 16.7 Å². The zero-order chi connectivity index (χ0) is 13.3. The van der Waals surface area contributed by atoms with Crippen LogP contribution in [0.1, 0.15) is 25.8 Å². The molecular weight excluding hydrogens is 248 g/mol. The third-order valence-electron chi connectivity index (χ3n) is 3.92. The molecular formula is C14H17ClN2O. The van der Waals surface area contributed by atoms with Crippen molar-refractivity contribution in [2.24, 2.45) is 5.41 Å². The van der Waals surface area contributed by atoms with Gasteiger partial charge in [-0.1, -0.05) is 31.5 Å². The van der Waals surface area contributed by atoms with Crippen molar-refractivity contribution in [2.75, 3.05) is 12.4 Å². The van der Waals surface area contributed by atoms with Crippen LogP contribution < -0.4 is 5.32 Å². The molecule has 0 spiro atoms. The number of hydrogen-bond donors (Lipinski definition) is 1. The molecule has 4 heteroatoms. The van der Waals surface area contributed by atoms with Crippen LogP contribution in [-0.4, -0.2) is 19.3 Å². The molecule has 1 aliphatic carbocycles. The predicted octanol–water partition coefficient (Wildman–Crippen LogP) is 3.44. The molecule has 1 saturated carbocycles. The summed E-state index contributed by atoms with van der Waals surface area (Å²) in [6.45, 7) is 4.33. The standard InChI is InChI=1S/C14H17ClN2O/c1-14(2)12(7-13(14)18-3)17-11-6-4-5-10(15)9(11)8-16/h4-6,12-13,17H,7H2,1-3H3. The molecule has 1 aromatic carbocycles. The summed E-state index contributed by atoms with van der Waals surface area (Å²) < 4.78 is 5.42. The molecule has 0 aromatic heterocycles. The van der Waals surface area contributed by atoms with Gasteiger partial charge in [0.05, 0.1) is 22.4 Å². The summed E-state index contributed by atoms with van der Waals surface area (Å²) in [5, 5.41) is 13.0. The molecule has 0 amide bonds. The lowest BCUT2D eigenvalue weighted by Gasteiger charge is -2.51. The van der Waals surface area contributed by atoms with Gasteiger partial charge in [0.1, 0.15) is 6.07 Å². The fraction of sp³-hybridized carbons (Fsp3) is 0.500. The van der Waals surface area contributed by atoms with E-state index >= 15 is 0 Å². The van der Waals surface area contributed by atoms with Crippen LogP contribution in [0.3, 0.4) is 0 Å². The summed E-state index contributed by atoms with van der Waals surface area (Å²) in [5.41, 5.74) is 1.37. The second-order valence-electron chi connectivity index (χ2n) is 5.25. The van der Waals surface area contributed by atoms with Gasteiger partial charge < -0.3 is 10.1 Å². The molecule has 0 bridgehead atoms. The molecule has 2 rings (SSSR count). The van der Waals surface area contributed by atoms with Crippen molar-refractivity contribution in [3.05, 3.63) is 28.8 Å². The first-order valence-electron chi connectivity index (χ1n) is 5.98. The predicted molar refractivity (Wildman–Crippen MR) is 72.8 cm³/mol. The van der Waals surface area contributed by atoms with Crippen LogP contribution in [0.15, 0.2) is 18.2 Å². The third kappa shape index (κ3) is 2.07. The first-order valence-corrected chi connectivity index (χ1v) is 6.36. The van der Waals surface area contributed by atoms with Gasteiger partial charge in [-0.25, -0.2) is 0 Å². The van der Waals surface area contributed by atoms with E-state index in [1.54, 1.807) is 13.2 Å². The number of hydrogen-bond acceptors (Lipinski definition) is 3. The molecule has 1 fully saturated rings. The SMILES string of the molecule is COC1CC(Nc2cccc(Cl)c2C#N)C1(C)C. The lowest BCUT2D eigenvalue weighted by Crippen LogP contribution is -2.57. The van der Waals surface area contributed by atoms with E-state index in [0.29, 0.717) is 16.6 Å². The Hall–Kier alpha value is -1.24. The summed E-state index contributed by atoms with van der Waals surface area (Å²) in [6.07, 6.45) is 1.21. The summed E-state index contributed by atoms with van der Waals surface area (Å²) >= 11 is 6.01. The van der Waals surface area contributed by atoms with Gasteiger partial charge in [-0.15, -0.1) is 0 Å². The van der Waals surface area contributed by atoms with Crippen LogP contribution in [0.4, 0.5) is 5.69 Å². The Kier molecular flexibility index (Phi) is 3.52. The molecule has 1 aromatic rings. The number of halogens is 1. The average Bonchev–Trinajstić information content (AvgIpc) is 2.34. The second kappa shape index (κ2) is 4.79. The highest BCUT2D eigenvalue weighted by Crippen LogP contribution is 2.44. The van der Waals surface area contributed by atoms with Gasteiger partial charge in [0, 0.05) is 18.6 Å². The Bertz CT molecular complexity index is 493. The Labute approximate surface area is 113 Å². The van der Waals surface area contributed by atoms with E-state index in [1.165, 1.54) is 0 Å². The minimum absolute atomic E-state index is 0.0593. The van der Waals surface area contributed by atoms with Crippen LogP contribution in [-0.2, 0) is 4.74 Å². The maximum Gasteiger partial charge on any atom is 0.103 e. The Morgan fingerprint density at radius 1 is 1.50 bits per heavy atom. The van der Waals surface area contributed by atoms with Gasteiger partial charge in [0.15, 0.2) is 0 Å². The van der Waals surface area contributed by atoms with E-state index in [0.717, 1.165) is 12.1 Å². The lowest BCUT2D eigenvalue weighted by molar-refractivity contribution is -0.0794. The summed E-state index contributed by atoms with van der Waals surface area (Å²) in [6, 6.07) is 7.92. The van der Waals surface area contributed by atoms with Crippen LogP contribution >= 0.6 is 11.6 Å². The van der Waals surface area contributed by atoms with E-state index in [1.807, 2.05) is 12.1 Å². The van der Waals surface area contributed by atoms with Gasteiger partial charge in [0.25, 0.3) is 0 Å². The molecule has 1 N–H and O–H groups in total. The van der Waals surface area contributed by atoms with Crippen molar-refractivity contribution in [1.29, 1.82) is 5.26 Å². The molecule has 0 saturated heterocycles. The van der Waals surface area contributed by atoms with E-state index in [9.17, 15) is 0 Å². The fourth-order valence-corrected chi connectivity index (χ4v) is 2.69. The summed E-state index contributed by atoms with van der Waals surface area (Å²) in [4.78, 5) is 0. The quantitative estimate of drug-likeness (QED) is 0.910. The summed E-state index contributed by atoms with van der Waals surface area (Å²) in [5.74, 6) is 0. The fourth-order valence-electron chi connectivity index (χ4n) is 2.48. The van der Waals surface area contributed by atoms with Crippen LogP contribution in [0.25, 0.3) is 0 Å². The average molecular weight is 265 g/mol. The largest absolute Gasteiger partial charge is 0.381 e. The molecule has 1 aliphatic rings. The van der Waals surface area contributed by atoms with Crippen molar-refractivity contribution in [3.8, 4) is 6.07 Å². The third-order valence-corrected chi connectivity index (χ3v) is 4.23. The van der Waals surface area contributed by atoms with E-state index in [4.69, 9.17) is 21.6 Å². The van der Waals surface area contributed by atoms with Gasteiger partial charge >= 0.3 is 0 Å². The van der Waals surface area contributed by atoms with Crippen molar-refractivity contribution >= 4 is 17.3 Å². The number of ether oxygens (including phenoxy) is 1. The molecule has 2 unspecified atom stereocenters. The molecule has 0 aliphatic heterocycles. The normalized spacial score (nSPS) is 25.1. The van der Waals surface area contributed by atoms with Crippen molar-refractivity contribution in [2.45, 2.75) is 32.4 Å². The van der Waals surface area contributed by atoms with E-state index in [2.05, 4.69) is 25.2 Å². The molecule has 0 radical (unpaired) electrons. The highest BCUT2D eigenvalue weighted by molar-refractivity contribution is 6.32. The zero-order valence-corrected chi connectivity index (χ0v) is 11.6. The number of methoxy groups -OCH3 is 1. The minimum Gasteiger partial charge on any atom is -0.381 e. The molecule has 18 heavy (non-hydrogen) atoms. The van der Waals surface area contributed by atoms with Crippen LogP contribution in [0.2, 0.25) is 5.02 Å². The van der Waals surface area contributed by atoms with Gasteiger partial charge in [-0.2, -0.15) is 5.26 Å². The highest BCUT2D eigenvalue weighted by Gasteiger charge is 2.48. The summed E-state index contributed by atoms with van der Waals surface area (Å²) in [7, 11) is 1.74. The Morgan fingerprint density at radius 2 is 2.22 bits per heavy atom. The first-order chi connectivity index (χ1) is 8.50. The number of nitrogens with one attached hydrogen (secondary N) is 1. The number of nitrogens with zero attached hydrogens (tertiary/aromatic N) is 1. The Morgan fingerprint density at radius 3 is 2.78 bits per heavy atom. The van der Waals surface area contributed by atoms with Gasteiger partial charge in [-0.3, -0.25) is 0 Å². The Balaban J connectivity index is 2.18. The first kappa shape index (κ1) is 13.2. The van der Waals surface area contributed by atoms with Crippen LogP contribution in [0.5, 0.6) is 0 Å². The highest BCUT2D eigenvalue weighted by atomic mass is 35.5. The monoisotopic (exact) mass is 264 g/mol. The van der Waals surface area contributed by atoms with Crippen molar-refractivity contribution in [1.82, 2.24) is 0 Å². The van der Waals surface area contributed by atoms with Crippen molar-refractivity contribution < 1.29 is 4.74 Å². The molecule has 0 heterocycles. The van der Waals surface area contributed by atoms with Gasteiger partial charge in [0.2, 0.25) is 0 Å².